The van der Waals surface area contributed by atoms with Crippen molar-refractivity contribution in [1.82, 2.24) is 10.6 Å². The Morgan fingerprint density at radius 1 is 1.19 bits per heavy atom. The Bertz CT molecular complexity index is 649. The first-order valence-corrected chi connectivity index (χ1v) is 8.90. The van der Waals surface area contributed by atoms with Crippen LogP contribution in [0.1, 0.15) is 25.8 Å². The first-order valence-electron chi connectivity index (χ1n) is 8.11. The molecule has 2 atom stereocenters. The second-order valence-electron chi connectivity index (χ2n) is 6.11. The van der Waals surface area contributed by atoms with Crippen molar-refractivity contribution in [2.45, 2.75) is 39.0 Å². The van der Waals surface area contributed by atoms with Gasteiger partial charge in [-0.3, -0.25) is 9.59 Å². The van der Waals surface area contributed by atoms with E-state index in [1.54, 1.807) is 13.8 Å². The van der Waals surface area contributed by atoms with E-state index < -0.39 is 30.0 Å². The van der Waals surface area contributed by atoms with Crippen LogP contribution < -0.4 is 16.4 Å². The maximum Gasteiger partial charge on any atom is 0.408 e. The molecule has 0 aromatic heterocycles. The smallest absolute Gasteiger partial charge is 0.408 e. The molecule has 0 heterocycles. The Morgan fingerprint density at radius 3 is 2.31 bits per heavy atom. The van der Waals surface area contributed by atoms with Crippen molar-refractivity contribution in [3.63, 3.8) is 0 Å². The van der Waals surface area contributed by atoms with E-state index in [1.807, 2.05) is 30.3 Å². The number of hydrogen-bond acceptors (Lipinski definition) is 4. The van der Waals surface area contributed by atoms with Crippen LogP contribution in [0.2, 0.25) is 0 Å². The van der Waals surface area contributed by atoms with E-state index in [0.29, 0.717) is 4.48 Å². The molecule has 0 bridgehead atoms. The zero-order valence-electron chi connectivity index (χ0n) is 14.8. The lowest BCUT2D eigenvalue weighted by Gasteiger charge is -2.24. The van der Waals surface area contributed by atoms with Crippen LogP contribution >= 0.6 is 15.9 Å². The summed E-state index contributed by atoms with van der Waals surface area (Å²) in [6.07, 6.45) is -0.562. The summed E-state index contributed by atoms with van der Waals surface area (Å²) in [5.41, 5.74) is 6.13. The molecule has 7 nitrogen and oxygen atoms in total. The van der Waals surface area contributed by atoms with Crippen LogP contribution in [0, 0.1) is 5.92 Å². The van der Waals surface area contributed by atoms with Crippen molar-refractivity contribution in [2.24, 2.45) is 11.7 Å². The molecule has 1 aromatic rings. The molecule has 3 amide bonds. The number of carbonyl (C=O) groups is 3. The van der Waals surface area contributed by atoms with Gasteiger partial charge in [0.05, 0.1) is 0 Å². The number of hydrogen-bond donors (Lipinski definition) is 3. The first kappa shape index (κ1) is 21.7. The Morgan fingerprint density at radius 2 is 1.81 bits per heavy atom. The van der Waals surface area contributed by atoms with Gasteiger partial charge in [-0.25, -0.2) is 4.79 Å². The number of alkyl carbamates (subject to hydrolysis) is 1. The molecule has 0 aliphatic rings. The SMILES string of the molecule is C=C(Br)C[C@H](NC(=O)[C@@H](NC(=O)OCc1ccccc1)C(C)C)C(N)=O. The largest absolute Gasteiger partial charge is 0.445 e. The molecule has 26 heavy (non-hydrogen) atoms. The van der Waals surface area contributed by atoms with E-state index in [-0.39, 0.29) is 18.9 Å². The monoisotopic (exact) mass is 425 g/mol. The summed E-state index contributed by atoms with van der Waals surface area (Å²) < 4.78 is 5.66. The molecule has 0 aliphatic heterocycles. The van der Waals surface area contributed by atoms with Gasteiger partial charge < -0.3 is 21.1 Å². The third kappa shape index (κ3) is 7.69. The molecule has 0 radical (unpaired) electrons. The summed E-state index contributed by atoms with van der Waals surface area (Å²) in [5, 5.41) is 5.06. The Kier molecular flexibility index (Phi) is 8.84. The fourth-order valence-electron chi connectivity index (χ4n) is 2.13. The summed E-state index contributed by atoms with van der Waals surface area (Å²) in [6, 6.07) is 7.39. The quantitative estimate of drug-likeness (QED) is 0.562. The highest BCUT2D eigenvalue weighted by Gasteiger charge is 2.28. The highest BCUT2D eigenvalue weighted by molar-refractivity contribution is 9.11. The molecule has 0 aliphatic carbocycles. The number of halogens is 1. The van der Waals surface area contributed by atoms with Crippen molar-refractivity contribution < 1.29 is 19.1 Å². The maximum atomic E-state index is 12.5. The predicted molar refractivity (Wildman–Crippen MR) is 102 cm³/mol. The van der Waals surface area contributed by atoms with E-state index >= 15 is 0 Å². The van der Waals surface area contributed by atoms with Crippen LogP contribution in [-0.4, -0.2) is 30.0 Å². The van der Waals surface area contributed by atoms with E-state index in [2.05, 4.69) is 33.1 Å². The minimum absolute atomic E-state index is 0.0897. The van der Waals surface area contributed by atoms with E-state index in [4.69, 9.17) is 10.5 Å². The third-order valence-electron chi connectivity index (χ3n) is 3.52. The second-order valence-corrected chi connectivity index (χ2v) is 7.23. The Labute approximate surface area is 161 Å². The van der Waals surface area contributed by atoms with Gasteiger partial charge in [-0.05, 0) is 16.0 Å². The lowest BCUT2D eigenvalue weighted by atomic mass is 10.0. The van der Waals surface area contributed by atoms with Crippen molar-refractivity contribution in [2.75, 3.05) is 0 Å². The highest BCUT2D eigenvalue weighted by Crippen LogP contribution is 2.11. The number of ether oxygens (including phenoxy) is 1. The number of nitrogens with one attached hydrogen (secondary N) is 2. The fourth-order valence-corrected chi connectivity index (χ4v) is 2.46. The standard InChI is InChI=1S/C18H24BrN3O4/c1-11(2)15(17(24)21-14(16(20)23)9-12(3)19)22-18(25)26-10-13-7-5-4-6-8-13/h4-8,11,14-15H,3,9-10H2,1-2H3,(H2,20,23)(H,21,24)(H,22,25)/t14-,15-/m0/s1. The van der Waals surface area contributed by atoms with Crippen LogP contribution in [0.5, 0.6) is 0 Å². The van der Waals surface area contributed by atoms with Crippen molar-refractivity contribution in [3.8, 4) is 0 Å². The van der Waals surface area contributed by atoms with Crippen LogP contribution in [0.15, 0.2) is 41.4 Å². The van der Waals surface area contributed by atoms with E-state index in [9.17, 15) is 14.4 Å². The lowest BCUT2D eigenvalue weighted by Crippen LogP contribution is -2.54. The van der Waals surface area contributed by atoms with Crippen molar-refractivity contribution in [1.29, 1.82) is 0 Å². The molecule has 4 N–H and O–H groups in total. The first-order chi connectivity index (χ1) is 12.2. The molecule has 0 unspecified atom stereocenters. The summed E-state index contributed by atoms with van der Waals surface area (Å²) in [5.74, 6) is -1.43. The number of carbonyl (C=O) groups excluding carboxylic acids is 3. The zero-order chi connectivity index (χ0) is 19.7. The van der Waals surface area contributed by atoms with Crippen molar-refractivity contribution >= 4 is 33.8 Å². The van der Waals surface area contributed by atoms with Crippen LogP contribution in [0.3, 0.4) is 0 Å². The van der Waals surface area contributed by atoms with Crippen LogP contribution in [0.25, 0.3) is 0 Å². The van der Waals surface area contributed by atoms with Crippen molar-refractivity contribution in [3.05, 3.63) is 47.0 Å². The minimum atomic E-state index is -0.919. The van der Waals surface area contributed by atoms with Crippen LogP contribution in [0.4, 0.5) is 4.79 Å². The summed E-state index contributed by atoms with van der Waals surface area (Å²) >= 11 is 3.14. The minimum Gasteiger partial charge on any atom is -0.445 e. The second kappa shape index (κ2) is 10.6. The van der Waals surface area contributed by atoms with Gasteiger partial charge in [0, 0.05) is 6.42 Å². The lowest BCUT2D eigenvalue weighted by molar-refractivity contribution is -0.129. The number of primary amides is 1. The zero-order valence-corrected chi connectivity index (χ0v) is 16.4. The molecule has 0 saturated carbocycles. The predicted octanol–water partition coefficient (Wildman–Crippen LogP) is 2.21. The third-order valence-corrected chi connectivity index (χ3v) is 3.84. The molecule has 1 aromatic carbocycles. The maximum absolute atomic E-state index is 12.5. The molecule has 0 saturated heterocycles. The van der Waals surface area contributed by atoms with Gasteiger partial charge in [0.1, 0.15) is 18.7 Å². The van der Waals surface area contributed by atoms with Gasteiger partial charge in [-0.2, -0.15) is 0 Å². The molecule has 0 fully saturated rings. The van der Waals surface area contributed by atoms with Crippen LogP contribution in [-0.2, 0) is 20.9 Å². The molecular weight excluding hydrogens is 402 g/mol. The summed E-state index contributed by atoms with van der Waals surface area (Å²) in [4.78, 5) is 35.9. The number of benzene rings is 1. The summed E-state index contributed by atoms with van der Waals surface area (Å²) in [7, 11) is 0. The summed E-state index contributed by atoms with van der Waals surface area (Å²) in [6.45, 7) is 7.26. The van der Waals surface area contributed by atoms with Gasteiger partial charge in [0.25, 0.3) is 0 Å². The average Bonchev–Trinajstić information content (AvgIpc) is 2.57. The van der Waals surface area contributed by atoms with Gasteiger partial charge in [0.2, 0.25) is 11.8 Å². The molecule has 1 rings (SSSR count). The fraction of sp³-hybridized carbons (Fsp3) is 0.389. The molecule has 0 spiro atoms. The number of rotatable bonds is 9. The van der Waals surface area contributed by atoms with Gasteiger partial charge >= 0.3 is 6.09 Å². The molecular formula is C18H24BrN3O4. The van der Waals surface area contributed by atoms with E-state index in [1.165, 1.54) is 0 Å². The van der Waals surface area contributed by atoms with Gasteiger partial charge in [-0.1, -0.05) is 66.7 Å². The highest BCUT2D eigenvalue weighted by atomic mass is 79.9. The molecule has 8 heteroatoms. The molecule has 142 valence electrons. The number of nitrogens with two attached hydrogens (primary N) is 1. The van der Waals surface area contributed by atoms with Gasteiger partial charge in [-0.15, -0.1) is 0 Å². The average molecular weight is 426 g/mol. The normalized spacial score (nSPS) is 12.8. The number of amides is 3. The Hall–Kier alpha value is -2.35. The Balaban J connectivity index is 2.65. The van der Waals surface area contributed by atoms with E-state index in [0.717, 1.165) is 5.56 Å². The van der Waals surface area contributed by atoms with Gasteiger partial charge in [0.15, 0.2) is 0 Å². The topological polar surface area (TPSA) is 111 Å².